The number of anilines is 1. The highest BCUT2D eigenvalue weighted by Gasteiger charge is 2.11. The Morgan fingerprint density at radius 2 is 2.00 bits per heavy atom. The number of hydrogen-bond acceptors (Lipinski definition) is 2. The van der Waals surface area contributed by atoms with Crippen molar-refractivity contribution in [3.63, 3.8) is 0 Å². The number of carbonyl (C=O) groups is 2. The number of aryl methyl sites for hydroxylation is 1. The topological polar surface area (TPSA) is 49.4 Å². The van der Waals surface area contributed by atoms with E-state index in [0.717, 1.165) is 17.7 Å². The minimum Gasteiger partial charge on any atom is -0.333 e. The minimum absolute atomic E-state index is 0.0429. The molecule has 0 heterocycles. The fraction of sp³-hybridized carbons (Fsp3) is 0.333. The van der Waals surface area contributed by atoms with E-state index < -0.39 is 0 Å². The summed E-state index contributed by atoms with van der Waals surface area (Å²) >= 11 is 0. The summed E-state index contributed by atoms with van der Waals surface area (Å²) in [4.78, 5) is 24.8. The van der Waals surface area contributed by atoms with Crippen LogP contribution in [0.1, 0.15) is 19.4 Å². The third-order valence-electron chi connectivity index (χ3n) is 2.74. The molecule has 1 aromatic carbocycles. The number of nitrogens with one attached hydrogen (secondary N) is 1. The Hall–Kier alpha value is -2.10. The van der Waals surface area contributed by atoms with E-state index in [9.17, 15) is 9.59 Å². The molecule has 0 saturated heterocycles. The molecule has 0 radical (unpaired) electrons. The Balaban J connectivity index is 2.63. The lowest BCUT2D eigenvalue weighted by Crippen LogP contribution is -2.34. The fourth-order valence-electron chi connectivity index (χ4n) is 1.70. The predicted molar refractivity (Wildman–Crippen MR) is 76.9 cm³/mol. The number of nitrogens with zero attached hydrogens (tertiary/aromatic N) is 1. The van der Waals surface area contributed by atoms with Gasteiger partial charge in [0, 0.05) is 12.7 Å². The lowest BCUT2D eigenvalue weighted by Gasteiger charge is -2.15. The van der Waals surface area contributed by atoms with Crippen LogP contribution in [0.15, 0.2) is 36.4 Å². The van der Waals surface area contributed by atoms with Crippen molar-refractivity contribution in [2.24, 2.45) is 0 Å². The van der Waals surface area contributed by atoms with Crippen molar-refractivity contribution in [3.05, 3.63) is 42.0 Å². The van der Waals surface area contributed by atoms with Crippen molar-refractivity contribution in [2.75, 3.05) is 18.9 Å². The lowest BCUT2D eigenvalue weighted by molar-refractivity contribution is -0.129. The maximum Gasteiger partial charge on any atom is 0.246 e. The summed E-state index contributed by atoms with van der Waals surface area (Å²) in [6.45, 7) is 3.84. The van der Waals surface area contributed by atoms with Gasteiger partial charge in [-0.25, -0.2) is 0 Å². The molecule has 0 spiro atoms. The van der Waals surface area contributed by atoms with Crippen LogP contribution in [-0.2, 0) is 16.0 Å². The third-order valence-corrected chi connectivity index (χ3v) is 2.74. The quantitative estimate of drug-likeness (QED) is 0.825. The second kappa shape index (κ2) is 7.36. The molecular weight excluding hydrogens is 240 g/mol. The minimum atomic E-state index is -0.193. The average molecular weight is 260 g/mol. The average Bonchev–Trinajstić information content (AvgIpc) is 2.39. The monoisotopic (exact) mass is 260 g/mol. The second-order valence-electron chi connectivity index (χ2n) is 4.25. The van der Waals surface area contributed by atoms with Crippen LogP contribution in [0.3, 0.4) is 0 Å². The zero-order chi connectivity index (χ0) is 14.3. The van der Waals surface area contributed by atoms with Crippen LogP contribution < -0.4 is 5.32 Å². The summed E-state index contributed by atoms with van der Waals surface area (Å²) in [6, 6.07) is 7.66. The maximum atomic E-state index is 11.9. The van der Waals surface area contributed by atoms with Crippen molar-refractivity contribution < 1.29 is 9.59 Å². The molecule has 0 aliphatic heterocycles. The molecule has 1 rings (SSSR count). The van der Waals surface area contributed by atoms with Gasteiger partial charge in [-0.1, -0.05) is 31.2 Å². The molecule has 102 valence electrons. The first-order valence-electron chi connectivity index (χ1n) is 6.34. The molecular formula is C15H20N2O2. The summed E-state index contributed by atoms with van der Waals surface area (Å²) in [5, 5.41) is 2.83. The Kier molecular flexibility index (Phi) is 5.79. The standard InChI is InChI=1S/C15H20N2O2/c1-4-8-15(19)17(3)11-14(18)16-13-10-7-6-9-12(13)5-2/h4,6-10H,5,11H2,1-3H3,(H,16,18). The van der Waals surface area contributed by atoms with Gasteiger partial charge in [-0.15, -0.1) is 0 Å². The van der Waals surface area contributed by atoms with Gasteiger partial charge in [-0.3, -0.25) is 9.59 Å². The van der Waals surface area contributed by atoms with Crippen molar-refractivity contribution in [2.45, 2.75) is 20.3 Å². The van der Waals surface area contributed by atoms with Gasteiger partial charge in [-0.2, -0.15) is 0 Å². The van der Waals surface area contributed by atoms with E-state index in [1.54, 1.807) is 20.0 Å². The molecule has 1 N–H and O–H groups in total. The van der Waals surface area contributed by atoms with E-state index >= 15 is 0 Å². The van der Waals surface area contributed by atoms with Crippen LogP contribution in [0.2, 0.25) is 0 Å². The van der Waals surface area contributed by atoms with E-state index in [2.05, 4.69) is 5.32 Å². The number of carbonyl (C=O) groups excluding carboxylic acids is 2. The van der Waals surface area contributed by atoms with E-state index in [0.29, 0.717) is 0 Å². The highest BCUT2D eigenvalue weighted by Crippen LogP contribution is 2.15. The number of amides is 2. The molecule has 0 aliphatic rings. The summed E-state index contributed by atoms with van der Waals surface area (Å²) in [6.07, 6.45) is 3.94. The molecule has 0 bridgehead atoms. The van der Waals surface area contributed by atoms with E-state index in [4.69, 9.17) is 0 Å². The SMILES string of the molecule is CC=CC(=O)N(C)CC(=O)Nc1ccccc1CC. The van der Waals surface area contributed by atoms with Crippen LogP contribution in [0, 0.1) is 0 Å². The summed E-state index contributed by atoms with van der Waals surface area (Å²) in [5.41, 5.74) is 1.89. The summed E-state index contributed by atoms with van der Waals surface area (Å²) < 4.78 is 0. The largest absolute Gasteiger partial charge is 0.333 e. The zero-order valence-corrected chi connectivity index (χ0v) is 11.6. The molecule has 0 aliphatic carbocycles. The van der Waals surface area contributed by atoms with Crippen molar-refractivity contribution in [1.82, 2.24) is 4.90 Å². The molecule has 19 heavy (non-hydrogen) atoms. The molecule has 0 atom stereocenters. The van der Waals surface area contributed by atoms with Gasteiger partial charge in [0.15, 0.2) is 0 Å². The molecule has 0 saturated carbocycles. The Morgan fingerprint density at radius 3 is 2.63 bits per heavy atom. The van der Waals surface area contributed by atoms with Gasteiger partial charge in [-0.05, 0) is 31.1 Å². The highest BCUT2D eigenvalue weighted by molar-refractivity contribution is 5.96. The molecule has 1 aromatic rings. The van der Waals surface area contributed by atoms with Crippen LogP contribution in [0.25, 0.3) is 0 Å². The molecule has 0 aromatic heterocycles. The number of benzene rings is 1. The predicted octanol–water partition coefficient (Wildman–Crippen LogP) is 2.22. The van der Waals surface area contributed by atoms with Gasteiger partial charge < -0.3 is 10.2 Å². The van der Waals surface area contributed by atoms with Crippen LogP contribution in [0.5, 0.6) is 0 Å². The highest BCUT2D eigenvalue weighted by atomic mass is 16.2. The normalized spacial score (nSPS) is 10.5. The lowest BCUT2D eigenvalue weighted by atomic mass is 10.1. The molecule has 4 nitrogen and oxygen atoms in total. The number of hydrogen-bond donors (Lipinski definition) is 1. The van der Waals surface area contributed by atoms with Crippen LogP contribution in [0.4, 0.5) is 5.69 Å². The van der Waals surface area contributed by atoms with Gasteiger partial charge in [0.2, 0.25) is 11.8 Å². The summed E-state index contributed by atoms with van der Waals surface area (Å²) in [7, 11) is 1.60. The van der Waals surface area contributed by atoms with Gasteiger partial charge >= 0.3 is 0 Å². The molecule has 2 amide bonds. The van der Waals surface area contributed by atoms with E-state index in [1.165, 1.54) is 11.0 Å². The van der Waals surface area contributed by atoms with Crippen molar-refractivity contribution >= 4 is 17.5 Å². The van der Waals surface area contributed by atoms with Crippen molar-refractivity contribution in [1.29, 1.82) is 0 Å². The Bertz CT molecular complexity index is 481. The Morgan fingerprint density at radius 1 is 1.32 bits per heavy atom. The molecule has 4 heteroatoms. The second-order valence-corrected chi connectivity index (χ2v) is 4.25. The maximum absolute atomic E-state index is 11.9. The Labute approximate surface area is 114 Å². The van der Waals surface area contributed by atoms with E-state index in [1.807, 2.05) is 31.2 Å². The number of allylic oxidation sites excluding steroid dienone is 1. The fourth-order valence-corrected chi connectivity index (χ4v) is 1.70. The van der Waals surface area contributed by atoms with Gasteiger partial charge in [0.05, 0.1) is 6.54 Å². The smallest absolute Gasteiger partial charge is 0.246 e. The zero-order valence-electron chi connectivity index (χ0n) is 11.6. The van der Waals surface area contributed by atoms with Crippen LogP contribution in [-0.4, -0.2) is 30.3 Å². The van der Waals surface area contributed by atoms with Crippen LogP contribution >= 0.6 is 0 Å². The summed E-state index contributed by atoms with van der Waals surface area (Å²) in [5.74, 6) is -0.373. The van der Waals surface area contributed by atoms with Gasteiger partial charge in [0.25, 0.3) is 0 Å². The first kappa shape index (κ1) is 15.0. The molecule has 0 fully saturated rings. The third kappa shape index (κ3) is 4.58. The van der Waals surface area contributed by atoms with Gasteiger partial charge in [0.1, 0.15) is 0 Å². The number of likely N-dealkylation sites (N-methyl/N-ethyl adjacent to an activating group) is 1. The molecule has 0 unspecified atom stereocenters. The number of rotatable bonds is 5. The first-order chi connectivity index (χ1) is 9.08. The first-order valence-corrected chi connectivity index (χ1v) is 6.34. The van der Waals surface area contributed by atoms with E-state index in [-0.39, 0.29) is 18.4 Å². The van der Waals surface area contributed by atoms with Crippen molar-refractivity contribution in [3.8, 4) is 0 Å². The number of para-hydroxylation sites is 1.